The predicted octanol–water partition coefficient (Wildman–Crippen LogP) is 4.24. The molecule has 0 N–H and O–H groups in total. The van der Waals surface area contributed by atoms with Crippen molar-refractivity contribution in [3.05, 3.63) is 76.0 Å². The number of carbonyl (C=O) groups is 1. The van der Waals surface area contributed by atoms with Gasteiger partial charge in [0.15, 0.2) is 6.10 Å². The molecular formula is C21H17FN2O4S. The lowest BCUT2D eigenvalue weighted by Gasteiger charge is -2.13. The lowest BCUT2D eigenvalue weighted by Crippen LogP contribution is -2.26. The molecule has 0 bridgehead atoms. The van der Waals surface area contributed by atoms with Crippen LogP contribution in [0.3, 0.4) is 0 Å². The Morgan fingerprint density at radius 2 is 1.83 bits per heavy atom. The summed E-state index contributed by atoms with van der Waals surface area (Å²) in [4.78, 5) is 16.5. The van der Waals surface area contributed by atoms with E-state index in [0.29, 0.717) is 27.8 Å². The highest BCUT2D eigenvalue weighted by molar-refractivity contribution is 7.09. The lowest BCUT2D eigenvalue weighted by atomic mass is 10.2. The van der Waals surface area contributed by atoms with Crippen molar-refractivity contribution < 1.29 is 23.4 Å². The second kappa shape index (κ2) is 9.66. The van der Waals surface area contributed by atoms with Gasteiger partial charge < -0.3 is 14.2 Å². The Morgan fingerprint density at radius 3 is 2.52 bits per heavy atom. The van der Waals surface area contributed by atoms with E-state index < -0.39 is 12.1 Å². The van der Waals surface area contributed by atoms with Crippen molar-refractivity contribution in [2.45, 2.75) is 26.2 Å². The number of hydrogen-bond donors (Lipinski definition) is 0. The molecule has 2 aromatic carbocycles. The molecule has 1 aromatic heterocycles. The predicted molar refractivity (Wildman–Crippen MR) is 104 cm³/mol. The van der Waals surface area contributed by atoms with Crippen molar-refractivity contribution in [2.24, 2.45) is 0 Å². The standard InChI is InChI=1S/C21H17FN2O4S/c1-14(28-19-6-2-15(10-23)3-7-19)21(25)27-11-17-13-29-20(24-17)12-26-18-8-4-16(22)5-9-18/h2-9,13-14H,11-12H2,1H3/t14-/m1/s1. The molecule has 0 spiro atoms. The first-order valence-corrected chi connectivity index (χ1v) is 9.56. The van der Waals surface area contributed by atoms with Crippen LogP contribution in [-0.2, 0) is 22.7 Å². The van der Waals surface area contributed by atoms with Crippen molar-refractivity contribution >= 4 is 17.3 Å². The van der Waals surface area contributed by atoms with Crippen LogP contribution in [0.5, 0.6) is 11.5 Å². The van der Waals surface area contributed by atoms with Crippen LogP contribution in [0.4, 0.5) is 4.39 Å². The third-order valence-electron chi connectivity index (χ3n) is 3.77. The SMILES string of the molecule is C[C@@H](Oc1ccc(C#N)cc1)C(=O)OCc1csc(COc2ccc(F)cc2)n1. The molecule has 0 amide bonds. The zero-order valence-corrected chi connectivity index (χ0v) is 16.3. The molecule has 0 aliphatic rings. The van der Waals surface area contributed by atoms with E-state index in [9.17, 15) is 9.18 Å². The van der Waals surface area contributed by atoms with Gasteiger partial charge in [-0.25, -0.2) is 14.2 Å². The zero-order valence-electron chi connectivity index (χ0n) is 15.5. The largest absolute Gasteiger partial charge is 0.486 e. The zero-order chi connectivity index (χ0) is 20.6. The van der Waals surface area contributed by atoms with Gasteiger partial charge in [-0.05, 0) is 55.5 Å². The van der Waals surface area contributed by atoms with E-state index in [1.807, 2.05) is 6.07 Å². The fourth-order valence-corrected chi connectivity index (χ4v) is 2.97. The molecule has 1 atom stereocenters. The van der Waals surface area contributed by atoms with Crippen molar-refractivity contribution in [2.75, 3.05) is 0 Å². The highest BCUT2D eigenvalue weighted by Crippen LogP contribution is 2.17. The van der Waals surface area contributed by atoms with Crippen LogP contribution in [0.25, 0.3) is 0 Å². The summed E-state index contributed by atoms with van der Waals surface area (Å²) in [5.74, 6) is 0.172. The summed E-state index contributed by atoms with van der Waals surface area (Å²) in [6, 6.07) is 14.2. The van der Waals surface area contributed by atoms with Crippen molar-refractivity contribution in [3.8, 4) is 17.6 Å². The minimum absolute atomic E-state index is 0.0208. The third-order valence-corrected chi connectivity index (χ3v) is 4.64. The maximum absolute atomic E-state index is 12.9. The molecule has 0 saturated carbocycles. The van der Waals surface area contributed by atoms with E-state index >= 15 is 0 Å². The van der Waals surface area contributed by atoms with Gasteiger partial charge in [0.2, 0.25) is 0 Å². The van der Waals surface area contributed by atoms with Crippen molar-refractivity contribution in [1.29, 1.82) is 5.26 Å². The normalized spacial score (nSPS) is 11.3. The second-order valence-electron chi connectivity index (χ2n) is 5.98. The van der Waals surface area contributed by atoms with E-state index in [2.05, 4.69) is 4.98 Å². The summed E-state index contributed by atoms with van der Waals surface area (Å²) >= 11 is 1.38. The molecule has 1 heterocycles. The molecule has 29 heavy (non-hydrogen) atoms. The van der Waals surface area contributed by atoms with Gasteiger partial charge in [-0.2, -0.15) is 5.26 Å². The average Bonchev–Trinajstić information content (AvgIpc) is 3.20. The lowest BCUT2D eigenvalue weighted by molar-refractivity contribution is -0.152. The molecule has 8 heteroatoms. The molecule has 6 nitrogen and oxygen atoms in total. The number of nitrogens with zero attached hydrogens (tertiary/aromatic N) is 2. The molecule has 0 saturated heterocycles. The van der Waals surface area contributed by atoms with Gasteiger partial charge >= 0.3 is 5.97 Å². The number of carbonyl (C=O) groups excluding carboxylic acids is 1. The maximum Gasteiger partial charge on any atom is 0.347 e. The first-order chi connectivity index (χ1) is 14.0. The van der Waals surface area contributed by atoms with Crippen LogP contribution >= 0.6 is 11.3 Å². The summed E-state index contributed by atoms with van der Waals surface area (Å²) in [6.45, 7) is 1.85. The fourth-order valence-electron chi connectivity index (χ4n) is 2.28. The number of aromatic nitrogens is 1. The van der Waals surface area contributed by atoms with Crippen molar-refractivity contribution in [1.82, 2.24) is 4.98 Å². The van der Waals surface area contributed by atoms with Crippen LogP contribution in [0, 0.1) is 17.1 Å². The van der Waals surface area contributed by atoms with E-state index in [1.165, 1.54) is 23.5 Å². The molecule has 0 aliphatic carbocycles. The number of ether oxygens (including phenoxy) is 3. The van der Waals surface area contributed by atoms with Gasteiger partial charge in [0.05, 0.1) is 17.3 Å². The van der Waals surface area contributed by atoms with Gasteiger partial charge in [0.1, 0.15) is 35.5 Å². The maximum atomic E-state index is 12.9. The number of thiazole rings is 1. The Labute approximate surface area is 171 Å². The summed E-state index contributed by atoms with van der Waals surface area (Å²) in [7, 11) is 0. The van der Waals surface area contributed by atoms with E-state index in [4.69, 9.17) is 19.5 Å². The second-order valence-corrected chi connectivity index (χ2v) is 6.92. The molecule has 3 rings (SSSR count). The van der Waals surface area contributed by atoms with Crippen molar-refractivity contribution in [3.63, 3.8) is 0 Å². The molecule has 0 aliphatic heterocycles. The van der Waals surface area contributed by atoms with Crippen LogP contribution in [0.2, 0.25) is 0 Å². The van der Waals surface area contributed by atoms with E-state index in [1.54, 1.807) is 48.7 Å². The minimum Gasteiger partial charge on any atom is -0.486 e. The van der Waals surface area contributed by atoms with Gasteiger partial charge in [-0.3, -0.25) is 0 Å². The van der Waals surface area contributed by atoms with Crippen LogP contribution < -0.4 is 9.47 Å². The Morgan fingerprint density at radius 1 is 1.14 bits per heavy atom. The Hall–Kier alpha value is -3.44. The monoisotopic (exact) mass is 412 g/mol. The number of esters is 1. The van der Waals surface area contributed by atoms with Gasteiger partial charge in [0.25, 0.3) is 0 Å². The number of nitriles is 1. The van der Waals surface area contributed by atoms with Gasteiger partial charge in [-0.1, -0.05) is 0 Å². The summed E-state index contributed by atoms with van der Waals surface area (Å²) in [5, 5.41) is 11.3. The summed E-state index contributed by atoms with van der Waals surface area (Å²) in [6.07, 6.45) is -0.803. The highest BCUT2D eigenvalue weighted by atomic mass is 32.1. The molecule has 148 valence electrons. The molecule has 3 aromatic rings. The van der Waals surface area contributed by atoms with E-state index in [0.717, 1.165) is 0 Å². The smallest absolute Gasteiger partial charge is 0.347 e. The molecule has 0 fully saturated rings. The van der Waals surface area contributed by atoms with Crippen LogP contribution in [0.15, 0.2) is 53.9 Å². The topological polar surface area (TPSA) is 81.4 Å². The number of hydrogen-bond acceptors (Lipinski definition) is 7. The third kappa shape index (κ3) is 6.02. The average molecular weight is 412 g/mol. The molecule has 0 radical (unpaired) electrons. The molecular weight excluding hydrogens is 395 g/mol. The van der Waals surface area contributed by atoms with Gasteiger partial charge in [0, 0.05) is 5.38 Å². The first-order valence-electron chi connectivity index (χ1n) is 8.68. The Balaban J connectivity index is 1.44. The quantitative estimate of drug-likeness (QED) is 0.515. The molecule has 0 unspecified atom stereocenters. The Kier molecular flexibility index (Phi) is 6.76. The van der Waals surface area contributed by atoms with Crippen LogP contribution in [-0.4, -0.2) is 17.1 Å². The van der Waals surface area contributed by atoms with Crippen LogP contribution in [0.1, 0.15) is 23.2 Å². The highest BCUT2D eigenvalue weighted by Gasteiger charge is 2.17. The number of halogens is 1. The number of benzene rings is 2. The summed E-state index contributed by atoms with van der Waals surface area (Å²) in [5.41, 5.74) is 1.11. The summed E-state index contributed by atoms with van der Waals surface area (Å²) < 4.78 is 29.2. The first kappa shape index (κ1) is 20.3. The minimum atomic E-state index is -0.803. The Bertz CT molecular complexity index is 997. The fraction of sp³-hybridized carbons (Fsp3) is 0.190. The van der Waals surface area contributed by atoms with E-state index in [-0.39, 0.29) is 19.0 Å². The number of rotatable bonds is 8. The van der Waals surface area contributed by atoms with Gasteiger partial charge in [-0.15, -0.1) is 11.3 Å².